The van der Waals surface area contributed by atoms with Gasteiger partial charge in [0.15, 0.2) is 11.5 Å². The Labute approximate surface area is 225 Å². The van der Waals surface area contributed by atoms with Crippen LogP contribution in [0.2, 0.25) is 0 Å². The van der Waals surface area contributed by atoms with E-state index in [0.717, 1.165) is 11.1 Å². The number of imidazole rings is 1. The molecule has 1 aliphatic heterocycles. The highest BCUT2D eigenvalue weighted by Crippen LogP contribution is 2.44. The number of Topliss-reactive ketones (excluding diaryl/α,β-unsaturated/α-hetero) is 1. The van der Waals surface area contributed by atoms with Crippen LogP contribution in [0.1, 0.15) is 36.6 Å². The number of rotatable bonds is 7. The molecule has 9 nitrogen and oxygen atoms in total. The summed E-state index contributed by atoms with van der Waals surface area (Å²) in [5.41, 5.74) is 3.17. The molecule has 2 heterocycles. The number of fused-ring (bicyclic) bond motifs is 1. The summed E-state index contributed by atoms with van der Waals surface area (Å²) in [6.07, 6.45) is -0.0866. The number of hydrogen-bond donors (Lipinski definition) is 2. The van der Waals surface area contributed by atoms with E-state index in [1.807, 2.05) is 39.0 Å². The Morgan fingerprint density at radius 1 is 1.00 bits per heavy atom. The third-order valence-electron chi connectivity index (χ3n) is 6.50. The Kier molecular flexibility index (Phi) is 6.74. The van der Waals surface area contributed by atoms with Gasteiger partial charge in [0.05, 0.1) is 43.0 Å². The van der Waals surface area contributed by atoms with Crippen molar-refractivity contribution in [3.8, 4) is 17.2 Å². The van der Waals surface area contributed by atoms with Crippen LogP contribution in [0, 0.1) is 6.92 Å². The lowest BCUT2D eigenvalue weighted by Crippen LogP contribution is -2.30. The fraction of sp³-hybridized carbons (Fsp3) is 0.233. The highest BCUT2D eigenvalue weighted by Gasteiger charge is 2.48. The lowest BCUT2D eigenvalue weighted by atomic mass is 9.95. The summed E-state index contributed by atoms with van der Waals surface area (Å²) >= 11 is 0. The van der Waals surface area contributed by atoms with Crippen molar-refractivity contribution < 1.29 is 28.9 Å². The van der Waals surface area contributed by atoms with E-state index >= 15 is 0 Å². The number of carbonyl (C=O) groups excluding carboxylic acids is 2. The number of ether oxygens (including phenoxy) is 3. The van der Waals surface area contributed by atoms with Crippen LogP contribution in [0.3, 0.4) is 0 Å². The minimum absolute atomic E-state index is 0.0782. The second kappa shape index (κ2) is 10.2. The number of aliphatic hydroxyl groups is 1. The molecule has 9 heteroatoms. The van der Waals surface area contributed by atoms with Crippen LogP contribution in [0.25, 0.3) is 16.8 Å². The van der Waals surface area contributed by atoms with Crippen molar-refractivity contribution in [1.29, 1.82) is 0 Å². The maximum atomic E-state index is 13.6. The van der Waals surface area contributed by atoms with Crippen molar-refractivity contribution in [2.45, 2.75) is 32.9 Å². The number of aromatic nitrogens is 2. The number of anilines is 1. The van der Waals surface area contributed by atoms with Crippen LogP contribution >= 0.6 is 0 Å². The SMILES string of the molecule is COc1ccc(C2/C(=C(\O)c3cccc(OC(C)C)c3)C(=O)C(=O)N2c2nc3ccc(C)cc3[nH]2)cc1OC. The van der Waals surface area contributed by atoms with E-state index in [2.05, 4.69) is 9.97 Å². The van der Waals surface area contributed by atoms with Gasteiger partial charge in [0.25, 0.3) is 5.78 Å². The first-order valence-corrected chi connectivity index (χ1v) is 12.5. The van der Waals surface area contributed by atoms with E-state index in [1.165, 1.54) is 19.1 Å². The third-order valence-corrected chi connectivity index (χ3v) is 6.50. The number of methoxy groups -OCH3 is 2. The summed E-state index contributed by atoms with van der Waals surface area (Å²) < 4.78 is 16.6. The molecule has 1 saturated heterocycles. The average Bonchev–Trinajstić information content (AvgIpc) is 3.45. The van der Waals surface area contributed by atoms with Gasteiger partial charge >= 0.3 is 5.91 Å². The molecular formula is C30H29N3O6. The van der Waals surface area contributed by atoms with Crippen molar-refractivity contribution in [2.75, 3.05) is 19.1 Å². The Balaban J connectivity index is 1.72. The average molecular weight is 528 g/mol. The fourth-order valence-corrected chi connectivity index (χ4v) is 4.76. The first kappa shape index (κ1) is 25.8. The van der Waals surface area contributed by atoms with Crippen molar-refractivity contribution in [2.24, 2.45) is 0 Å². The zero-order valence-corrected chi connectivity index (χ0v) is 22.3. The van der Waals surface area contributed by atoms with E-state index in [4.69, 9.17) is 14.2 Å². The molecule has 1 atom stereocenters. The number of benzene rings is 3. The molecule has 4 aromatic rings. The highest BCUT2D eigenvalue weighted by atomic mass is 16.5. The van der Waals surface area contributed by atoms with Gasteiger partial charge < -0.3 is 24.3 Å². The molecule has 2 N–H and O–H groups in total. The zero-order valence-electron chi connectivity index (χ0n) is 22.3. The number of amides is 1. The molecule has 39 heavy (non-hydrogen) atoms. The lowest BCUT2D eigenvalue weighted by molar-refractivity contribution is -0.132. The van der Waals surface area contributed by atoms with Crippen molar-refractivity contribution >= 4 is 34.4 Å². The summed E-state index contributed by atoms with van der Waals surface area (Å²) in [4.78, 5) is 36.2. The summed E-state index contributed by atoms with van der Waals surface area (Å²) in [7, 11) is 3.02. The molecule has 0 bridgehead atoms. The molecule has 1 aromatic heterocycles. The Hall–Kier alpha value is -4.79. The normalized spacial score (nSPS) is 16.8. The Bertz CT molecular complexity index is 1620. The highest BCUT2D eigenvalue weighted by molar-refractivity contribution is 6.51. The first-order chi connectivity index (χ1) is 18.7. The molecule has 3 aromatic carbocycles. The summed E-state index contributed by atoms with van der Waals surface area (Å²) in [5, 5.41) is 11.5. The maximum absolute atomic E-state index is 13.6. The topological polar surface area (TPSA) is 114 Å². The lowest BCUT2D eigenvalue weighted by Gasteiger charge is -2.24. The molecular weight excluding hydrogens is 498 g/mol. The number of nitrogens with one attached hydrogen (secondary N) is 1. The zero-order chi connectivity index (χ0) is 27.8. The minimum Gasteiger partial charge on any atom is -0.507 e. The van der Waals surface area contributed by atoms with Crippen LogP contribution < -0.4 is 19.1 Å². The predicted octanol–water partition coefficient (Wildman–Crippen LogP) is 5.30. The summed E-state index contributed by atoms with van der Waals surface area (Å²) in [6, 6.07) is 16.5. The first-order valence-electron chi connectivity index (χ1n) is 12.5. The third kappa shape index (κ3) is 4.67. The van der Waals surface area contributed by atoms with E-state index in [9.17, 15) is 14.7 Å². The molecule has 0 saturated carbocycles. The number of nitrogens with zero attached hydrogens (tertiary/aromatic N) is 2. The molecule has 1 unspecified atom stereocenters. The molecule has 200 valence electrons. The molecule has 5 rings (SSSR count). The number of aliphatic hydroxyl groups excluding tert-OH is 1. The van der Waals surface area contributed by atoms with Crippen molar-refractivity contribution in [3.05, 3.63) is 82.9 Å². The van der Waals surface area contributed by atoms with Gasteiger partial charge in [-0.15, -0.1) is 0 Å². The quantitative estimate of drug-likeness (QED) is 0.190. The van der Waals surface area contributed by atoms with Crippen molar-refractivity contribution in [1.82, 2.24) is 9.97 Å². The van der Waals surface area contributed by atoms with Gasteiger partial charge in [0.2, 0.25) is 5.95 Å². The number of carbonyl (C=O) groups is 2. The second-order valence-electron chi connectivity index (χ2n) is 9.56. The summed E-state index contributed by atoms with van der Waals surface area (Å²) in [5.74, 6) is -0.367. The van der Waals surface area contributed by atoms with Gasteiger partial charge in [-0.3, -0.25) is 14.5 Å². The minimum atomic E-state index is -0.999. The molecule has 1 amide bonds. The van der Waals surface area contributed by atoms with Gasteiger partial charge in [-0.05, 0) is 68.3 Å². The largest absolute Gasteiger partial charge is 0.507 e. The van der Waals surface area contributed by atoms with Crippen LogP contribution in [-0.4, -0.2) is 47.1 Å². The standard InChI is InChI=1S/C30H29N3O6/c1-16(2)39-20-8-6-7-19(14-20)27(34)25-26(18-10-12-23(37-4)24(15-18)38-5)33(29(36)28(25)35)30-31-21-11-9-17(3)13-22(21)32-30/h6-16,26,34H,1-5H3,(H,31,32)/b27-25+. The second-order valence-corrected chi connectivity index (χ2v) is 9.56. The molecule has 1 fully saturated rings. The number of ketones is 1. The number of H-pyrrole nitrogens is 1. The van der Waals surface area contributed by atoms with Gasteiger partial charge in [-0.1, -0.05) is 24.3 Å². The van der Waals surface area contributed by atoms with Gasteiger partial charge in [0.1, 0.15) is 11.5 Å². The van der Waals surface area contributed by atoms with E-state index < -0.39 is 17.7 Å². The van der Waals surface area contributed by atoms with Gasteiger partial charge in [-0.25, -0.2) is 4.98 Å². The monoisotopic (exact) mass is 527 g/mol. The van der Waals surface area contributed by atoms with Crippen LogP contribution in [0.5, 0.6) is 17.2 Å². The van der Waals surface area contributed by atoms with Gasteiger partial charge in [-0.2, -0.15) is 0 Å². The van der Waals surface area contributed by atoms with Gasteiger partial charge in [0, 0.05) is 5.56 Å². The number of hydrogen-bond acceptors (Lipinski definition) is 7. The van der Waals surface area contributed by atoms with E-state index in [-0.39, 0.29) is 23.4 Å². The number of aromatic amines is 1. The number of aryl methyl sites for hydroxylation is 1. The fourth-order valence-electron chi connectivity index (χ4n) is 4.76. The molecule has 1 aliphatic rings. The Morgan fingerprint density at radius 3 is 2.49 bits per heavy atom. The molecule has 0 aliphatic carbocycles. The Morgan fingerprint density at radius 2 is 1.77 bits per heavy atom. The van der Waals surface area contributed by atoms with E-state index in [1.54, 1.807) is 42.5 Å². The predicted molar refractivity (Wildman–Crippen MR) is 147 cm³/mol. The van der Waals surface area contributed by atoms with E-state index in [0.29, 0.717) is 33.9 Å². The summed E-state index contributed by atoms with van der Waals surface area (Å²) in [6.45, 7) is 5.74. The molecule has 0 radical (unpaired) electrons. The smallest absolute Gasteiger partial charge is 0.302 e. The van der Waals surface area contributed by atoms with Crippen molar-refractivity contribution in [3.63, 3.8) is 0 Å². The van der Waals surface area contributed by atoms with Crippen LogP contribution in [0.4, 0.5) is 5.95 Å². The molecule has 0 spiro atoms. The maximum Gasteiger partial charge on any atom is 0.302 e. The van der Waals surface area contributed by atoms with Crippen LogP contribution in [-0.2, 0) is 9.59 Å². The van der Waals surface area contributed by atoms with Crippen LogP contribution in [0.15, 0.2) is 66.2 Å².